The first kappa shape index (κ1) is 12.5. The van der Waals surface area contributed by atoms with Crippen molar-refractivity contribution in [3.05, 3.63) is 52.1 Å². The van der Waals surface area contributed by atoms with Gasteiger partial charge in [-0.15, -0.1) is 10.2 Å². The van der Waals surface area contributed by atoms with E-state index in [0.717, 1.165) is 10.0 Å². The molecule has 0 unspecified atom stereocenters. The molecular weight excluding hydrogens is 296 g/mol. The molecule has 0 aliphatic carbocycles. The minimum absolute atomic E-state index is 0.251. The Morgan fingerprint density at radius 2 is 1.89 bits per heavy atom. The van der Waals surface area contributed by atoms with E-state index in [0.29, 0.717) is 12.4 Å². The van der Waals surface area contributed by atoms with Crippen LogP contribution in [-0.2, 0) is 6.54 Å². The largest absolute Gasteiger partial charge is 0.382 e. The number of hydrogen-bond donors (Lipinski definition) is 2. The van der Waals surface area contributed by atoms with Gasteiger partial charge in [-0.2, -0.15) is 0 Å². The zero-order valence-corrected chi connectivity index (χ0v) is 11.0. The standard InChI is InChI=1S/C12H11BrN4O/c13-9-3-1-8(2-4-9)7-15-12(18)10-5-6-11(14)17-16-10/h1-6H,7H2,(H2,14,17)(H,15,18). The summed E-state index contributed by atoms with van der Waals surface area (Å²) in [6, 6.07) is 10.8. The smallest absolute Gasteiger partial charge is 0.272 e. The predicted octanol–water partition coefficient (Wildman–Crippen LogP) is 1.75. The Labute approximate surface area is 113 Å². The molecule has 0 atom stereocenters. The topological polar surface area (TPSA) is 80.9 Å². The van der Waals surface area contributed by atoms with Gasteiger partial charge in [0.05, 0.1) is 0 Å². The molecule has 1 amide bonds. The fraction of sp³-hybridized carbons (Fsp3) is 0.0833. The lowest BCUT2D eigenvalue weighted by Crippen LogP contribution is -2.24. The number of amides is 1. The first-order valence-electron chi connectivity index (χ1n) is 5.27. The number of halogens is 1. The highest BCUT2D eigenvalue weighted by molar-refractivity contribution is 9.10. The van der Waals surface area contributed by atoms with E-state index in [-0.39, 0.29) is 11.6 Å². The van der Waals surface area contributed by atoms with Crippen molar-refractivity contribution in [3.63, 3.8) is 0 Å². The Kier molecular flexibility index (Phi) is 3.88. The number of benzene rings is 1. The summed E-state index contributed by atoms with van der Waals surface area (Å²) >= 11 is 3.35. The van der Waals surface area contributed by atoms with E-state index in [1.54, 1.807) is 12.1 Å². The normalized spacial score (nSPS) is 10.1. The Balaban J connectivity index is 1.96. The number of rotatable bonds is 3. The summed E-state index contributed by atoms with van der Waals surface area (Å²) in [5.74, 6) is 0.0184. The lowest BCUT2D eigenvalue weighted by Gasteiger charge is -2.04. The van der Waals surface area contributed by atoms with Gasteiger partial charge < -0.3 is 11.1 Å². The van der Waals surface area contributed by atoms with Gasteiger partial charge in [0.15, 0.2) is 5.69 Å². The van der Waals surface area contributed by atoms with Gasteiger partial charge >= 0.3 is 0 Å². The molecule has 0 saturated heterocycles. The first-order chi connectivity index (χ1) is 8.65. The summed E-state index contributed by atoms with van der Waals surface area (Å²) in [7, 11) is 0. The molecule has 0 aliphatic rings. The van der Waals surface area contributed by atoms with Crippen LogP contribution < -0.4 is 11.1 Å². The molecule has 92 valence electrons. The maximum absolute atomic E-state index is 11.7. The van der Waals surface area contributed by atoms with Crippen molar-refractivity contribution in [1.29, 1.82) is 0 Å². The third kappa shape index (κ3) is 3.27. The molecule has 18 heavy (non-hydrogen) atoms. The van der Waals surface area contributed by atoms with E-state index < -0.39 is 0 Å². The summed E-state index contributed by atoms with van der Waals surface area (Å²) in [6.07, 6.45) is 0. The number of hydrogen-bond acceptors (Lipinski definition) is 4. The number of nitrogens with one attached hydrogen (secondary N) is 1. The number of nitrogen functional groups attached to an aromatic ring is 1. The van der Waals surface area contributed by atoms with E-state index in [4.69, 9.17) is 5.73 Å². The van der Waals surface area contributed by atoms with E-state index in [1.807, 2.05) is 24.3 Å². The molecular formula is C12H11BrN4O. The summed E-state index contributed by atoms with van der Waals surface area (Å²) in [4.78, 5) is 11.7. The van der Waals surface area contributed by atoms with Crippen LogP contribution in [0.15, 0.2) is 40.9 Å². The molecule has 5 nitrogen and oxygen atoms in total. The third-order valence-electron chi connectivity index (χ3n) is 2.28. The van der Waals surface area contributed by atoms with Crippen LogP contribution in [0.4, 0.5) is 5.82 Å². The van der Waals surface area contributed by atoms with Gasteiger partial charge in [0.2, 0.25) is 0 Å². The van der Waals surface area contributed by atoms with Gasteiger partial charge in [-0.3, -0.25) is 4.79 Å². The van der Waals surface area contributed by atoms with Gasteiger partial charge in [0.1, 0.15) is 5.82 Å². The molecule has 2 aromatic rings. The molecule has 2 rings (SSSR count). The van der Waals surface area contributed by atoms with E-state index >= 15 is 0 Å². The average Bonchev–Trinajstić information content (AvgIpc) is 2.38. The third-order valence-corrected chi connectivity index (χ3v) is 2.81. The summed E-state index contributed by atoms with van der Waals surface area (Å²) in [6.45, 7) is 0.443. The van der Waals surface area contributed by atoms with Gasteiger partial charge in [0.25, 0.3) is 5.91 Å². The zero-order chi connectivity index (χ0) is 13.0. The van der Waals surface area contributed by atoms with Crippen LogP contribution >= 0.6 is 15.9 Å². The predicted molar refractivity (Wildman–Crippen MR) is 71.8 cm³/mol. The second-order valence-electron chi connectivity index (χ2n) is 3.65. The van der Waals surface area contributed by atoms with Crippen LogP contribution in [0.5, 0.6) is 0 Å². The van der Waals surface area contributed by atoms with Crippen LogP contribution in [0.25, 0.3) is 0 Å². The fourth-order valence-corrected chi connectivity index (χ4v) is 1.60. The molecule has 0 aliphatic heterocycles. The highest BCUT2D eigenvalue weighted by atomic mass is 79.9. The SMILES string of the molecule is Nc1ccc(C(=O)NCc2ccc(Br)cc2)nn1. The first-order valence-corrected chi connectivity index (χ1v) is 6.06. The van der Waals surface area contributed by atoms with E-state index in [2.05, 4.69) is 31.4 Å². The highest BCUT2D eigenvalue weighted by Gasteiger charge is 2.07. The highest BCUT2D eigenvalue weighted by Crippen LogP contribution is 2.10. The number of anilines is 1. The lowest BCUT2D eigenvalue weighted by molar-refractivity contribution is 0.0945. The quantitative estimate of drug-likeness (QED) is 0.905. The molecule has 1 heterocycles. The van der Waals surface area contributed by atoms with Gasteiger partial charge in [-0.05, 0) is 29.8 Å². The number of carbonyl (C=O) groups is 1. The monoisotopic (exact) mass is 306 g/mol. The van der Waals surface area contributed by atoms with Crippen LogP contribution in [0.3, 0.4) is 0 Å². The van der Waals surface area contributed by atoms with E-state index in [1.165, 1.54) is 0 Å². The van der Waals surface area contributed by atoms with Crippen molar-refractivity contribution in [3.8, 4) is 0 Å². The molecule has 3 N–H and O–H groups in total. The van der Waals surface area contributed by atoms with Crippen molar-refractivity contribution >= 4 is 27.7 Å². The summed E-state index contributed by atoms with van der Waals surface area (Å²) in [5, 5.41) is 10.1. The average molecular weight is 307 g/mol. The molecule has 0 fully saturated rings. The molecule has 0 saturated carbocycles. The van der Waals surface area contributed by atoms with Crippen LogP contribution in [0, 0.1) is 0 Å². The van der Waals surface area contributed by atoms with Gasteiger partial charge in [-0.1, -0.05) is 28.1 Å². The summed E-state index contributed by atoms with van der Waals surface area (Å²) in [5.41, 5.74) is 6.66. The second-order valence-corrected chi connectivity index (χ2v) is 4.57. The summed E-state index contributed by atoms with van der Waals surface area (Å²) < 4.78 is 1.00. The van der Waals surface area contributed by atoms with Crippen LogP contribution in [0.2, 0.25) is 0 Å². The van der Waals surface area contributed by atoms with Crippen LogP contribution in [-0.4, -0.2) is 16.1 Å². The minimum Gasteiger partial charge on any atom is -0.382 e. The Morgan fingerprint density at radius 3 is 2.50 bits per heavy atom. The van der Waals surface area contributed by atoms with Gasteiger partial charge in [-0.25, -0.2) is 0 Å². The maximum Gasteiger partial charge on any atom is 0.272 e. The zero-order valence-electron chi connectivity index (χ0n) is 9.43. The van der Waals surface area contributed by atoms with Crippen molar-refractivity contribution in [1.82, 2.24) is 15.5 Å². The molecule has 1 aromatic carbocycles. The molecule has 0 radical (unpaired) electrons. The van der Waals surface area contributed by atoms with Gasteiger partial charge in [0, 0.05) is 11.0 Å². The number of aromatic nitrogens is 2. The van der Waals surface area contributed by atoms with Crippen molar-refractivity contribution < 1.29 is 4.79 Å². The number of carbonyl (C=O) groups excluding carboxylic acids is 1. The van der Waals surface area contributed by atoms with E-state index in [9.17, 15) is 4.79 Å². The molecule has 1 aromatic heterocycles. The molecule has 0 spiro atoms. The number of nitrogens with zero attached hydrogens (tertiary/aromatic N) is 2. The maximum atomic E-state index is 11.7. The minimum atomic E-state index is -0.273. The molecule has 0 bridgehead atoms. The Morgan fingerprint density at radius 1 is 1.17 bits per heavy atom. The lowest BCUT2D eigenvalue weighted by atomic mass is 10.2. The van der Waals surface area contributed by atoms with Crippen molar-refractivity contribution in [2.45, 2.75) is 6.54 Å². The Bertz CT molecular complexity index is 539. The number of nitrogens with two attached hydrogens (primary N) is 1. The van der Waals surface area contributed by atoms with Crippen LogP contribution in [0.1, 0.15) is 16.1 Å². The fourth-order valence-electron chi connectivity index (χ4n) is 1.34. The van der Waals surface area contributed by atoms with Crippen molar-refractivity contribution in [2.75, 3.05) is 5.73 Å². The Hall–Kier alpha value is -1.95. The molecule has 6 heteroatoms. The van der Waals surface area contributed by atoms with Crippen molar-refractivity contribution in [2.24, 2.45) is 0 Å². The second kappa shape index (κ2) is 5.59.